The van der Waals surface area contributed by atoms with Crippen LogP contribution in [0.15, 0.2) is 54.6 Å². The van der Waals surface area contributed by atoms with Gasteiger partial charge in [0.05, 0.1) is 31.5 Å². The SMILES string of the molecule is COc1cc(C(=O)OC[C@H]2O[C@@H](Oc3ccc(C(=O)O)c4c3OCCC4)[C@H](O)[C@@H](O)[C@@H]2O)cc(OCCc2ccccc2)c1O. The monoisotopic (exact) mass is 626 g/mol. The van der Waals surface area contributed by atoms with Crippen molar-refractivity contribution in [2.45, 2.75) is 50.0 Å². The number of esters is 1. The number of hydrogen-bond acceptors (Lipinski definition) is 12. The zero-order valence-corrected chi connectivity index (χ0v) is 24.3. The highest BCUT2D eigenvalue weighted by atomic mass is 16.7. The van der Waals surface area contributed by atoms with Gasteiger partial charge in [0.25, 0.3) is 0 Å². The average Bonchev–Trinajstić information content (AvgIpc) is 3.05. The molecule has 3 aromatic rings. The number of ether oxygens (including phenoxy) is 6. The topological polar surface area (TPSA) is 191 Å². The van der Waals surface area contributed by atoms with Crippen molar-refractivity contribution in [1.82, 2.24) is 0 Å². The standard InChI is InChI=1S/C32H34O13/c1-40-22-14-18(15-23(25(22)33)41-13-11-17-6-3-2-4-7-17)31(39)43-16-24-26(34)27(35)28(36)32(45-24)44-21-10-9-20(30(37)38)19-8-5-12-42-29(19)21/h2-4,6-7,9-10,14-15,24,26-28,32-36H,5,8,11-13,16H2,1H3,(H,37,38)/t24-,26-,27+,28-,32-/m1/s1. The Balaban J connectivity index is 1.26. The van der Waals surface area contributed by atoms with Gasteiger partial charge in [0.1, 0.15) is 31.0 Å². The maximum absolute atomic E-state index is 13.0. The van der Waals surface area contributed by atoms with E-state index < -0.39 is 49.3 Å². The fourth-order valence-corrected chi connectivity index (χ4v) is 5.14. The normalized spacial score (nSPS) is 22.4. The predicted octanol–water partition coefficient (Wildman–Crippen LogP) is 2.09. The number of methoxy groups -OCH3 is 1. The number of phenolic OH excluding ortho intramolecular Hbond substituents is 1. The van der Waals surface area contributed by atoms with Crippen molar-refractivity contribution in [3.63, 3.8) is 0 Å². The van der Waals surface area contributed by atoms with E-state index in [9.17, 15) is 35.1 Å². The maximum atomic E-state index is 13.0. The molecule has 2 aliphatic heterocycles. The molecule has 2 aliphatic rings. The lowest BCUT2D eigenvalue weighted by Gasteiger charge is -2.40. The van der Waals surface area contributed by atoms with E-state index >= 15 is 0 Å². The fourth-order valence-electron chi connectivity index (χ4n) is 5.14. The molecule has 0 aliphatic carbocycles. The molecule has 0 saturated carbocycles. The Hall–Kier alpha value is -4.56. The molecular weight excluding hydrogens is 592 g/mol. The first-order chi connectivity index (χ1) is 21.7. The number of phenols is 1. The van der Waals surface area contributed by atoms with Gasteiger partial charge in [-0.25, -0.2) is 9.59 Å². The van der Waals surface area contributed by atoms with Crippen LogP contribution in [0.3, 0.4) is 0 Å². The summed E-state index contributed by atoms with van der Waals surface area (Å²) in [5.41, 5.74) is 1.47. The molecule has 5 N–H and O–H groups in total. The summed E-state index contributed by atoms with van der Waals surface area (Å²) in [5.74, 6) is -2.07. The lowest BCUT2D eigenvalue weighted by molar-refractivity contribution is -0.277. The number of aliphatic hydroxyl groups excluding tert-OH is 3. The highest BCUT2D eigenvalue weighted by Crippen LogP contribution is 2.40. The predicted molar refractivity (Wildman–Crippen MR) is 155 cm³/mol. The summed E-state index contributed by atoms with van der Waals surface area (Å²) < 4.78 is 33.4. The van der Waals surface area contributed by atoms with Gasteiger partial charge in [-0.1, -0.05) is 30.3 Å². The van der Waals surface area contributed by atoms with E-state index in [-0.39, 0.29) is 46.5 Å². The van der Waals surface area contributed by atoms with Crippen molar-refractivity contribution in [3.8, 4) is 28.7 Å². The van der Waals surface area contributed by atoms with Crippen molar-refractivity contribution in [3.05, 3.63) is 76.9 Å². The van der Waals surface area contributed by atoms with Crippen LogP contribution in [-0.4, -0.2) is 95.1 Å². The van der Waals surface area contributed by atoms with Gasteiger partial charge in [-0.2, -0.15) is 0 Å². The summed E-state index contributed by atoms with van der Waals surface area (Å²) in [6.07, 6.45) is -6.37. The number of aromatic hydroxyl groups is 1. The first kappa shape index (κ1) is 31.9. The van der Waals surface area contributed by atoms with E-state index in [0.29, 0.717) is 31.4 Å². The molecule has 13 nitrogen and oxygen atoms in total. The summed E-state index contributed by atoms with van der Waals surface area (Å²) >= 11 is 0. The molecule has 0 amide bonds. The largest absolute Gasteiger partial charge is 0.502 e. The number of hydrogen-bond donors (Lipinski definition) is 5. The van der Waals surface area contributed by atoms with E-state index in [1.165, 1.54) is 31.4 Å². The van der Waals surface area contributed by atoms with Crippen LogP contribution in [0.1, 0.15) is 38.3 Å². The highest BCUT2D eigenvalue weighted by molar-refractivity contribution is 5.91. The number of carboxylic acids is 1. The molecule has 13 heteroatoms. The number of aromatic carboxylic acids is 1. The highest BCUT2D eigenvalue weighted by Gasteiger charge is 2.46. The number of benzene rings is 3. The van der Waals surface area contributed by atoms with Gasteiger partial charge in [-0.15, -0.1) is 0 Å². The molecule has 5 atom stereocenters. The van der Waals surface area contributed by atoms with E-state index in [2.05, 4.69) is 0 Å². The second-order valence-electron chi connectivity index (χ2n) is 10.5. The maximum Gasteiger partial charge on any atom is 0.338 e. The summed E-state index contributed by atoms with van der Waals surface area (Å²) in [5, 5.41) is 51.8. The number of rotatable bonds is 11. The number of carboxylic acid groups (broad SMARTS) is 1. The van der Waals surface area contributed by atoms with Gasteiger partial charge in [-0.05, 0) is 42.7 Å². The van der Waals surface area contributed by atoms with Crippen LogP contribution in [0.2, 0.25) is 0 Å². The smallest absolute Gasteiger partial charge is 0.338 e. The van der Waals surface area contributed by atoms with Crippen molar-refractivity contribution in [1.29, 1.82) is 0 Å². The molecule has 1 saturated heterocycles. The van der Waals surface area contributed by atoms with Gasteiger partial charge in [0.15, 0.2) is 23.0 Å². The van der Waals surface area contributed by atoms with Gasteiger partial charge in [-0.3, -0.25) is 0 Å². The van der Waals surface area contributed by atoms with E-state index in [0.717, 1.165) is 5.56 Å². The number of carbonyl (C=O) groups is 2. The third kappa shape index (κ3) is 7.07. The zero-order chi connectivity index (χ0) is 32.1. The van der Waals surface area contributed by atoms with Crippen molar-refractivity contribution < 1.29 is 63.5 Å². The Kier molecular flexibility index (Phi) is 9.93. The summed E-state index contributed by atoms with van der Waals surface area (Å²) in [4.78, 5) is 24.7. The number of fused-ring (bicyclic) bond motifs is 1. The van der Waals surface area contributed by atoms with Gasteiger partial charge >= 0.3 is 11.9 Å². The van der Waals surface area contributed by atoms with E-state index in [1.807, 2.05) is 30.3 Å². The minimum Gasteiger partial charge on any atom is -0.502 e. The van der Waals surface area contributed by atoms with Crippen molar-refractivity contribution >= 4 is 11.9 Å². The summed E-state index contributed by atoms with van der Waals surface area (Å²) in [6, 6.07) is 14.8. The van der Waals surface area contributed by atoms with E-state index in [1.54, 1.807) is 0 Å². The van der Waals surface area contributed by atoms with Gasteiger partial charge in [0.2, 0.25) is 12.0 Å². The Labute approximate surface area is 258 Å². The third-order valence-corrected chi connectivity index (χ3v) is 7.55. The summed E-state index contributed by atoms with van der Waals surface area (Å²) in [7, 11) is 1.31. The molecule has 3 aromatic carbocycles. The van der Waals surface area contributed by atoms with Crippen LogP contribution in [-0.2, 0) is 22.3 Å². The van der Waals surface area contributed by atoms with E-state index in [4.69, 9.17) is 28.4 Å². The first-order valence-electron chi connectivity index (χ1n) is 14.3. The lowest BCUT2D eigenvalue weighted by atomic mass is 9.98. The number of carbonyl (C=O) groups excluding carboxylic acids is 1. The van der Waals surface area contributed by atoms with Crippen LogP contribution >= 0.6 is 0 Å². The van der Waals surface area contributed by atoms with Gasteiger partial charge < -0.3 is 54.0 Å². The van der Waals surface area contributed by atoms with Crippen molar-refractivity contribution in [2.24, 2.45) is 0 Å². The van der Waals surface area contributed by atoms with Crippen LogP contribution in [0, 0.1) is 0 Å². The Bertz CT molecular complexity index is 1510. The van der Waals surface area contributed by atoms with Crippen LogP contribution in [0.4, 0.5) is 0 Å². The molecule has 0 unspecified atom stereocenters. The minimum absolute atomic E-state index is 0.00217. The second kappa shape index (κ2) is 14.0. The molecule has 0 bridgehead atoms. The first-order valence-corrected chi connectivity index (χ1v) is 14.3. The Morgan fingerprint density at radius 2 is 1.71 bits per heavy atom. The second-order valence-corrected chi connectivity index (χ2v) is 10.5. The molecule has 2 heterocycles. The molecule has 1 fully saturated rings. The number of aliphatic hydroxyl groups is 3. The molecule has 240 valence electrons. The average molecular weight is 627 g/mol. The summed E-state index contributed by atoms with van der Waals surface area (Å²) in [6.45, 7) is -0.0257. The minimum atomic E-state index is -1.74. The molecule has 0 radical (unpaired) electrons. The zero-order valence-electron chi connectivity index (χ0n) is 24.3. The quantitative estimate of drug-likeness (QED) is 0.195. The molecule has 0 spiro atoms. The lowest BCUT2D eigenvalue weighted by Crippen LogP contribution is -2.60. The molecule has 5 rings (SSSR count). The fraction of sp³-hybridized carbons (Fsp3) is 0.375. The Morgan fingerprint density at radius 3 is 2.44 bits per heavy atom. The molecular formula is C32H34O13. The third-order valence-electron chi connectivity index (χ3n) is 7.55. The van der Waals surface area contributed by atoms with Gasteiger partial charge in [0, 0.05) is 12.0 Å². The molecule has 45 heavy (non-hydrogen) atoms. The Morgan fingerprint density at radius 1 is 0.956 bits per heavy atom. The van der Waals surface area contributed by atoms with Crippen LogP contribution < -0.4 is 18.9 Å². The molecule has 0 aromatic heterocycles. The van der Waals surface area contributed by atoms with Crippen LogP contribution in [0.25, 0.3) is 0 Å². The van der Waals surface area contributed by atoms with Crippen LogP contribution in [0.5, 0.6) is 28.7 Å². The van der Waals surface area contributed by atoms with Crippen molar-refractivity contribution in [2.75, 3.05) is 26.9 Å².